The number of carbonyl (C=O) groups is 1. The number of carboxylic acid groups (broad SMARTS) is 1. The summed E-state index contributed by atoms with van der Waals surface area (Å²) in [5.74, 6) is -1.38. The third-order valence-electron chi connectivity index (χ3n) is 4.02. The standard InChI is InChI=1S/C16H15BrFNO2/c17-11-7-10-14(8-12(11)18)19-13-6-4-2-1-3-5-9(13)15(10)16(20)21/h7-8H,1-6H2,(H,20,21). The van der Waals surface area contributed by atoms with E-state index in [1.165, 1.54) is 12.1 Å². The zero-order chi connectivity index (χ0) is 15.0. The number of halogens is 2. The first-order valence-corrected chi connectivity index (χ1v) is 7.91. The first kappa shape index (κ1) is 14.4. The van der Waals surface area contributed by atoms with Gasteiger partial charge >= 0.3 is 5.97 Å². The predicted octanol–water partition coefficient (Wildman–Crippen LogP) is 4.49. The number of benzene rings is 1. The van der Waals surface area contributed by atoms with Crippen molar-refractivity contribution < 1.29 is 14.3 Å². The summed E-state index contributed by atoms with van der Waals surface area (Å²) >= 11 is 3.13. The van der Waals surface area contributed by atoms with E-state index in [9.17, 15) is 14.3 Å². The lowest BCUT2D eigenvalue weighted by molar-refractivity contribution is 0.0697. The molecule has 2 aromatic rings. The molecule has 0 radical (unpaired) electrons. The van der Waals surface area contributed by atoms with Crippen LogP contribution in [0.2, 0.25) is 0 Å². The molecule has 0 aliphatic heterocycles. The highest BCUT2D eigenvalue weighted by atomic mass is 79.9. The van der Waals surface area contributed by atoms with Gasteiger partial charge in [-0.25, -0.2) is 9.18 Å². The highest BCUT2D eigenvalue weighted by Crippen LogP contribution is 2.31. The predicted molar refractivity (Wildman–Crippen MR) is 82.2 cm³/mol. The lowest BCUT2D eigenvalue weighted by Gasteiger charge is -2.17. The first-order chi connectivity index (χ1) is 10.1. The molecule has 1 aromatic carbocycles. The minimum Gasteiger partial charge on any atom is -0.478 e. The average molecular weight is 352 g/mol. The molecule has 21 heavy (non-hydrogen) atoms. The van der Waals surface area contributed by atoms with Crippen LogP contribution < -0.4 is 0 Å². The van der Waals surface area contributed by atoms with Crippen LogP contribution in [0.3, 0.4) is 0 Å². The molecule has 0 unspecified atom stereocenters. The van der Waals surface area contributed by atoms with E-state index in [1.807, 2.05) is 0 Å². The zero-order valence-electron chi connectivity index (χ0n) is 11.5. The molecule has 1 aromatic heterocycles. The van der Waals surface area contributed by atoms with Crippen LogP contribution in [0.15, 0.2) is 16.6 Å². The maximum Gasteiger partial charge on any atom is 0.336 e. The second-order valence-corrected chi connectivity index (χ2v) is 6.27. The Morgan fingerprint density at radius 3 is 2.62 bits per heavy atom. The molecule has 0 bridgehead atoms. The maximum absolute atomic E-state index is 13.7. The van der Waals surface area contributed by atoms with Crippen molar-refractivity contribution in [1.82, 2.24) is 4.98 Å². The Balaban J connectivity index is 2.34. The van der Waals surface area contributed by atoms with E-state index in [2.05, 4.69) is 20.9 Å². The van der Waals surface area contributed by atoms with E-state index in [-0.39, 0.29) is 10.0 Å². The van der Waals surface area contributed by atoms with Crippen molar-refractivity contribution in [1.29, 1.82) is 0 Å². The topological polar surface area (TPSA) is 50.2 Å². The number of fused-ring (bicyclic) bond motifs is 2. The van der Waals surface area contributed by atoms with E-state index in [0.29, 0.717) is 10.9 Å². The minimum atomic E-state index is -0.960. The Labute approximate surface area is 130 Å². The summed E-state index contributed by atoms with van der Waals surface area (Å²) in [4.78, 5) is 16.3. The molecule has 1 aliphatic rings. The van der Waals surface area contributed by atoms with Crippen molar-refractivity contribution >= 4 is 32.8 Å². The van der Waals surface area contributed by atoms with Gasteiger partial charge < -0.3 is 5.11 Å². The van der Waals surface area contributed by atoms with Gasteiger partial charge in [0.2, 0.25) is 0 Å². The highest BCUT2D eigenvalue weighted by molar-refractivity contribution is 9.10. The Morgan fingerprint density at radius 1 is 1.19 bits per heavy atom. The maximum atomic E-state index is 13.7. The van der Waals surface area contributed by atoms with Gasteiger partial charge in [0.15, 0.2) is 0 Å². The summed E-state index contributed by atoms with van der Waals surface area (Å²) in [5, 5.41) is 10.1. The third-order valence-corrected chi connectivity index (χ3v) is 4.63. The van der Waals surface area contributed by atoms with Gasteiger partial charge in [-0.15, -0.1) is 0 Å². The monoisotopic (exact) mass is 351 g/mol. The number of hydrogen-bond acceptors (Lipinski definition) is 2. The smallest absolute Gasteiger partial charge is 0.336 e. The molecule has 3 rings (SSSR count). The quantitative estimate of drug-likeness (QED) is 0.823. The van der Waals surface area contributed by atoms with Gasteiger partial charge in [0, 0.05) is 17.1 Å². The van der Waals surface area contributed by atoms with Crippen LogP contribution in [0.4, 0.5) is 4.39 Å². The highest BCUT2D eigenvalue weighted by Gasteiger charge is 2.21. The molecule has 0 fully saturated rings. The molecule has 1 N–H and O–H groups in total. The van der Waals surface area contributed by atoms with Gasteiger partial charge in [-0.05, 0) is 53.2 Å². The summed E-state index contributed by atoms with van der Waals surface area (Å²) in [6, 6.07) is 2.84. The first-order valence-electron chi connectivity index (χ1n) is 7.11. The van der Waals surface area contributed by atoms with E-state index in [1.54, 1.807) is 0 Å². The molecule has 3 nitrogen and oxygen atoms in total. The largest absolute Gasteiger partial charge is 0.478 e. The third kappa shape index (κ3) is 2.67. The van der Waals surface area contributed by atoms with Crippen molar-refractivity contribution in [2.75, 3.05) is 0 Å². The number of hydrogen-bond donors (Lipinski definition) is 1. The van der Waals surface area contributed by atoms with Crippen LogP contribution in [-0.4, -0.2) is 16.1 Å². The second kappa shape index (κ2) is 5.72. The van der Waals surface area contributed by atoms with Crippen molar-refractivity contribution in [2.24, 2.45) is 0 Å². The Bertz CT molecular complexity index is 730. The summed E-state index contributed by atoms with van der Waals surface area (Å²) in [6.45, 7) is 0. The van der Waals surface area contributed by atoms with Gasteiger partial charge in [0.05, 0.1) is 15.6 Å². The van der Waals surface area contributed by atoms with E-state index in [0.717, 1.165) is 49.8 Å². The van der Waals surface area contributed by atoms with E-state index >= 15 is 0 Å². The molecule has 0 saturated carbocycles. The molecule has 0 spiro atoms. The van der Waals surface area contributed by atoms with E-state index in [4.69, 9.17) is 0 Å². The fourth-order valence-electron chi connectivity index (χ4n) is 3.02. The molecule has 1 heterocycles. The average Bonchev–Trinajstić information content (AvgIpc) is 2.40. The second-order valence-electron chi connectivity index (χ2n) is 5.41. The van der Waals surface area contributed by atoms with Crippen molar-refractivity contribution in [3.8, 4) is 0 Å². The molecular weight excluding hydrogens is 337 g/mol. The van der Waals surface area contributed by atoms with Crippen molar-refractivity contribution in [3.63, 3.8) is 0 Å². The normalized spacial score (nSPS) is 15.3. The minimum absolute atomic E-state index is 0.269. The number of rotatable bonds is 1. The number of nitrogens with zero attached hydrogens (tertiary/aromatic N) is 1. The molecule has 0 atom stereocenters. The SMILES string of the molecule is O=C(O)c1c2c(nc3cc(F)c(Br)cc13)CCCCCC2. The number of aryl methyl sites for hydroxylation is 1. The van der Waals surface area contributed by atoms with Gasteiger partial charge in [0.25, 0.3) is 0 Å². The Morgan fingerprint density at radius 2 is 1.90 bits per heavy atom. The van der Waals surface area contributed by atoms with Crippen LogP contribution in [0.25, 0.3) is 10.9 Å². The van der Waals surface area contributed by atoms with Crippen LogP contribution in [0.5, 0.6) is 0 Å². The molecule has 0 saturated heterocycles. The van der Waals surface area contributed by atoms with Gasteiger partial charge in [-0.3, -0.25) is 4.98 Å². The zero-order valence-corrected chi connectivity index (χ0v) is 13.0. The molecule has 1 aliphatic carbocycles. The lowest BCUT2D eigenvalue weighted by Crippen LogP contribution is -2.11. The Kier molecular flexibility index (Phi) is 3.93. The molecular formula is C16H15BrFNO2. The number of aromatic nitrogens is 1. The summed E-state index contributed by atoms with van der Waals surface area (Å²) in [5.41, 5.74) is 2.36. The summed E-state index contributed by atoms with van der Waals surface area (Å²) in [6.07, 6.45) is 5.73. The number of aromatic carboxylic acids is 1. The van der Waals surface area contributed by atoms with Gasteiger partial charge in [-0.1, -0.05) is 12.8 Å². The van der Waals surface area contributed by atoms with Crippen LogP contribution >= 0.6 is 15.9 Å². The summed E-state index contributed by atoms with van der Waals surface area (Å²) in [7, 11) is 0. The van der Waals surface area contributed by atoms with Crippen molar-refractivity contribution in [3.05, 3.63) is 39.2 Å². The van der Waals surface area contributed by atoms with Crippen molar-refractivity contribution in [2.45, 2.75) is 38.5 Å². The molecule has 5 heteroatoms. The number of carboxylic acids is 1. The van der Waals surface area contributed by atoms with Crippen LogP contribution in [0, 0.1) is 5.82 Å². The van der Waals surface area contributed by atoms with Crippen LogP contribution in [0.1, 0.15) is 47.3 Å². The fourth-order valence-corrected chi connectivity index (χ4v) is 3.36. The van der Waals surface area contributed by atoms with E-state index < -0.39 is 11.8 Å². The van der Waals surface area contributed by atoms with Gasteiger partial charge in [-0.2, -0.15) is 0 Å². The number of pyridine rings is 1. The van der Waals surface area contributed by atoms with Gasteiger partial charge in [0.1, 0.15) is 5.82 Å². The molecule has 110 valence electrons. The lowest BCUT2D eigenvalue weighted by atomic mass is 9.91. The van der Waals surface area contributed by atoms with Crippen LogP contribution in [-0.2, 0) is 12.8 Å². The molecule has 0 amide bonds. The fraction of sp³-hybridized carbons (Fsp3) is 0.375. The Hall–Kier alpha value is -1.49. The summed E-state index contributed by atoms with van der Waals surface area (Å²) < 4.78 is 14.0.